The van der Waals surface area contributed by atoms with Crippen molar-refractivity contribution in [3.05, 3.63) is 53.4 Å². The van der Waals surface area contributed by atoms with E-state index in [2.05, 4.69) is 68.3 Å². The van der Waals surface area contributed by atoms with E-state index in [-0.39, 0.29) is 0 Å². The second-order valence-electron chi connectivity index (χ2n) is 8.82. The van der Waals surface area contributed by atoms with Gasteiger partial charge in [0.25, 0.3) is 0 Å². The molecule has 2 aliphatic rings. The average molecular weight is 440 g/mol. The minimum atomic E-state index is 0.705. The van der Waals surface area contributed by atoms with E-state index in [1.807, 2.05) is 6.07 Å². The number of likely N-dealkylation sites (N-methyl/N-ethyl adjacent to an activating group) is 1. The second-order valence-corrected chi connectivity index (χ2v) is 8.82. The summed E-state index contributed by atoms with van der Waals surface area (Å²) >= 11 is 0. The number of piperazine rings is 2. The molecule has 0 radical (unpaired) electrons. The predicted molar refractivity (Wildman–Crippen MR) is 127 cm³/mol. The van der Waals surface area contributed by atoms with E-state index in [1.54, 1.807) is 6.26 Å². The van der Waals surface area contributed by atoms with Crippen LogP contribution in [0, 0.1) is 0 Å². The molecule has 0 spiro atoms. The molecule has 1 N–H and O–H groups in total. The van der Waals surface area contributed by atoms with E-state index in [4.69, 9.17) is 9.52 Å². The molecule has 0 aliphatic carbocycles. The van der Waals surface area contributed by atoms with Crippen molar-refractivity contribution in [1.29, 1.82) is 0 Å². The molecular formula is C24H37N7O. The zero-order valence-corrected chi connectivity index (χ0v) is 19.5. The molecule has 174 valence electrons. The van der Waals surface area contributed by atoms with Gasteiger partial charge in [-0.3, -0.25) is 9.80 Å². The summed E-state index contributed by atoms with van der Waals surface area (Å²) in [4.78, 5) is 14.7. The number of hydrogen-bond acceptors (Lipinski definition) is 6. The Hall–Kier alpha value is -2.42. The summed E-state index contributed by atoms with van der Waals surface area (Å²) in [6, 6.07) is 10.9. The van der Waals surface area contributed by atoms with Crippen LogP contribution >= 0.6 is 0 Å². The third-order valence-corrected chi connectivity index (χ3v) is 6.32. The molecule has 8 nitrogen and oxygen atoms in total. The summed E-state index contributed by atoms with van der Waals surface area (Å²) in [5.41, 5.74) is 3.64. The topological polar surface area (TPSA) is 63.4 Å². The van der Waals surface area contributed by atoms with Gasteiger partial charge in [0, 0.05) is 78.1 Å². The molecule has 0 bridgehead atoms. The fourth-order valence-electron chi connectivity index (χ4n) is 4.27. The average Bonchev–Trinajstić information content (AvgIpc) is 3.33. The highest BCUT2D eigenvalue weighted by atomic mass is 16.5. The van der Waals surface area contributed by atoms with Crippen LogP contribution in [0.15, 0.2) is 46.1 Å². The summed E-state index contributed by atoms with van der Waals surface area (Å²) < 4.78 is 4.95. The fraction of sp³-hybridized carbons (Fsp3) is 0.583. The van der Waals surface area contributed by atoms with Gasteiger partial charge in [0.15, 0.2) is 5.96 Å². The highest BCUT2D eigenvalue weighted by Crippen LogP contribution is 2.12. The summed E-state index contributed by atoms with van der Waals surface area (Å²) in [5, 5.41) is 7.50. The maximum absolute atomic E-state index is 4.95. The summed E-state index contributed by atoms with van der Waals surface area (Å²) in [6.07, 6.45) is 1.64. The summed E-state index contributed by atoms with van der Waals surface area (Å²) in [7, 11) is 2.20. The molecule has 8 heteroatoms. The molecule has 0 saturated carbocycles. The molecular weight excluding hydrogens is 402 g/mol. The Kier molecular flexibility index (Phi) is 8.14. The van der Waals surface area contributed by atoms with Crippen LogP contribution in [0.4, 0.5) is 0 Å². The zero-order chi connectivity index (χ0) is 22.2. The SMILES string of the molecule is CCNC(=NCc1ccc(CN2CCN(C)CC2)cc1)N1CCN(Cc2ccon2)CC1. The first kappa shape index (κ1) is 22.8. The lowest BCUT2D eigenvalue weighted by Gasteiger charge is -2.36. The Bertz CT molecular complexity index is 821. The Morgan fingerprint density at radius 2 is 1.56 bits per heavy atom. The number of aliphatic imine (C=N–C) groups is 1. The van der Waals surface area contributed by atoms with E-state index in [0.717, 1.165) is 83.6 Å². The van der Waals surface area contributed by atoms with E-state index in [0.29, 0.717) is 6.54 Å². The Balaban J connectivity index is 1.27. The first-order valence-electron chi connectivity index (χ1n) is 11.8. The van der Waals surface area contributed by atoms with Crippen molar-refractivity contribution in [3.63, 3.8) is 0 Å². The van der Waals surface area contributed by atoms with E-state index < -0.39 is 0 Å². The van der Waals surface area contributed by atoms with Gasteiger partial charge in [-0.2, -0.15) is 0 Å². The molecule has 0 unspecified atom stereocenters. The van der Waals surface area contributed by atoms with Gasteiger partial charge in [-0.15, -0.1) is 0 Å². The Morgan fingerprint density at radius 1 is 0.906 bits per heavy atom. The van der Waals surface area contributed by atoms with Crippen LogP contribution in [0.1, 0.15) is 23.7 Å². The number of benzene rings is 1. The van der Waals surface area contributed by atoms with Gasteiger partial charge in [0.1, 0.15) is 6.26 Å². The molecule has 3 heterocycles. The highest BCUT2D eigenvalue weighted by Gasteiger charge is 2.20. The number of nitrogens with one attached hydrogen (secondary N) is 1. The Labute approximate surface area is 191 Å². The lowest BCUT2D eigenvalue weighted by atomic mass is 10.1. The van der Waals surface area contributed by atoms with Gasteiger partial charge < -0.3 is 19.6 Å². The maximum Gasteiger partial charge on any atom is 0.194 e. The lowest BCUT2D eigenvalue weighted by molar-refractivity contribution is 0.148. The van der Waals surface area contributed by atoms with Gasteiger partial charge in [-0.1, -0.05) is 29.4 Å². The molecule has 2 aliphatic heterocycles. The van der Waals surface area contributed by atoms with Crippen LogP contribution in [-0.4, -0.2) is 96.7 Å². The third kappa shape index (κ3) is 6.54. The molecule has 2 fully saturated rings. The van der Waals surface area contributed by atoms with E-state index >= 15 is 0 Å². The van der Waals surface area contributed by atoms with Crippen molar-refractivity contribution < 1.29 is 4.52 Å². The Morgan fingerprint density at radius 3 is 2.22 bits per heavy atom. The lowest BCUT2D eigenvalue weighted by Crippen LogP contribution is -2.52. The van der Waals surface area contributed by atoms with Crippen LogP contribution in [0.25, 0.3) is 0 Å². The van der Waals surface area contributed by atoms with Crippen molar-refractivity contribution in [1.82, 2.24) is 30.1 Å². The molecule has 4 rings (SSSR count). The van der Waals surface area contributed by atoms with Crippen molar-refractivity contribution in [2.45, 2.75) is 26.6 Å². The molecule has 2 saturated heterocycles. The van der Waals surface area contributed by atoms with Gasteiger partial charge in [-0.25, -0.2) is 4.99 Å². The monoisotopic (exact) mass is 439 g/mol. The molecule has 32 heavy (non-hydrogen) atoms. The number of nitrogens with zero attached hydrogens (tertiary/aromatic N) is 6. The highest BCUT2D eigenvalue weighted by molar-refractivity contribution is 5.80. The minimum absolute atomic E-state index is 0.705. The van der Waals surface area contributed by atoms with Gasteiger partial charge in [-0.05, 0) is 25.1 Å². The molecule has 0 atom stereocenters. The summed E-state index contributed by atoms with van der Waals surface area (Å²) in [5.74, 6) is 1.01. The maximum atomic E-state index is 4.95. The van der Waals surface area contributed by atoms with Crippen LogP contribution in [0.5, 0.6) is 0 Å². The molecule has 1 aromatic heterocycles. The first-order valence-corrected chi connectivity index (χ1v) is 11.8. The zero-order valence-electron chi connectivity index (χ0n) is 19.5. The first-order chi connectivity index (χ1) is 15.7. The largest absolute Gasteiger partial charge is 0.364 e. The smallest absolute Gasteiger partial charge is 0.194 e. The quantitative estimate of drug-likeness (QED) is 0.520. The predicted octanol–water partition coefficient (Wildman–Crippen LogP) is 1.71. The van der Waals surface area contributed by atoms with Gasteiger partial charge >= 0.3 is 0 Å². The van der Waals surface area contributed by atoms with Crippen LogP contribution < -0.4 is 5.32 Å². The number of rotatable bonds is 7. The normalized spacial score (nSPS) is 19.4. The molecule has 0 amide bonds. The van der Waals surface area contributed by atoms with Gasteiger partial charge in [0.2, 0.25) is 0 Å². The van der Waals surface area contributed by atoms with Crippen molar-refractivity contribution in [2.75, 3.05) is 66.0 Å². The number of guanidine groups is 1. The minimum Gasteiger partial charge on any atom is -0.364 e. The van der Waals surface area contributed by atoms with Crippen LogP contribution in [-0.2, 0) is 19.6 Å². The van der Waals surface area contributed by atoms with Crippen molar-refractivity contribution >= 4 is 5.96 Å². The second kappa shape index (κ2) is 11.4. The van der Waals surface area contributed by atoms with Crippen molar-refractivity contribution in [2.24, 2.45) is 4.99 Å². The molecule has 2 aromatic rings. The van der Waals surface area contributed by atoms with Gasteiger partial charge in [0.05, 0.1) is 12.2 Å². The van der Waals surface area contributed by atoms with Crippen LogP contribution in [0.2, 0.25) is 0 Å². The third-order valence-electron chi connectivity index (χ3n) is 6.32. The standard InChI is InChI=1S/C24H37N7O/c1-3-25-24(31-15-13-30(14-16-31)20-23-8-17-32-27-23)26-18-21-4-6-22(7-5-21)19-29-11-9-28(2)10-12-29/h4-8,17H,3,9-16,18-20H2,1-2H3,(H,25,26). The van der Waals surface area contributed by atoms with Crippen molar-refractivity contribution in [3.8, 4) is 0 Å². The van der Waals surface area contributed by atoms with E-state index in [9.17, 15) is 0 Å². The van der Waals surface area contributed by atoms with Crippen LogP contribution in [0.3, 0.4) is 0 Å². The summed E-state index contributed by atoms with van der Waals surface area (Å²) in [6.45, 7) is 14.2. The molecule has 1 aromatic carbocycles. The number of hydrogen-bond donors (Lipinski definition) is 1. The van der Waals surface area contributed by atoms with E-state index in [1.165, 1.54) is 11.1 Å². The fourth-order valence-corrected chi connectivity index (χ4v) is 4.27. The number of aromatic nitrogens is 1.